The van der Waals surface area contributed by atoms with Gasteiger partial charge in [0.1, 0.15) is 0 Å². The van der Waals surface area contributed by atoms with E-state index in [9.17, 15) is 0 Å². The summed E-state index contributed by atoms with van der Waals surface area (Å²) in [5.41, 5.74) is 10.3. The zero-order chi connectivity index (χ0) is 4.83. The van der Waals surface area contributed by atoms with E-state index in [1.807, 2.05) is 0 Å². The molecule has 8 heavy (non-hydrogen) atoms. The predicted octanol–water partition coefficient (Wildman–Crippen LogP) is 0.528. The van der Waals surface area contributed by atoms with Crippen molar-refractivity contribution in [2.75, 3.05) is 13.1 Å². The maximum absolute atomic E-state index is 5.16. The fraction of sp³-hybridized carbons (Fsp3) is 1.00. The van der Waals surface area contributed by atoms with Gasteiger partial charge in [0.2, 0.25) is 0 Å². The average molecular weight is 165 g/mol. The Balaban J connectivity index is -0.000000125. The summed E-state index contributed by atoms with van der Waals surface area (Å²) in [4.78, 5) is 0. The maximum Gasteiger partial charge on any atom is -0.00768 e. The number of nitrogens with two attached hydrogens (primary N) is 2. The molecule has 0 aromatic carbocycles. The molecule has 0 unspecified atom stereocenters. The molecule has 0 bridgehead atoms. The largest absolute Gasteiger partial charge is 0.330 e. The summed E-state index contributed by atoms with van der Waals surface area (Å²) in [7, 11) is 0. The Hall–Kier alpha value is 0.500. The summed E-state index contributed by atoms with van der Waals surface area (Å²) in [5, 5.41) is 0. The quantitative estimate of drug-likeness (QED) is 0.473. The second-order valence-corrected chi connectivity index (χ2v) is 1.28. The van der Waals surface area contributed by atoms with Crippen molar-refractivity contribution in [3.8, 4) is 0 Å². The molecule has 54 valence electrons. The number of halogens is 2. The number of unbranched alkanes of at least 4 members (excludes halogenated alkanes) is 1. The van der Waals surface area contributed by atoms with Gasteiger partial charge in [0.05, 0.1) is 0 Å². The van der Waals surface area contributed by atoms with E-state index in [1.54, 1.807) is 0 Å². The summed E-state index contributed by atoms with van der Waals surface area (Å²) >= 11 is 0. The Morgan fingerprint density at radius 3 is 1.12 bits per heavy atom. The van der Waals surface area contributed by atoms with Crippen molar-refractivity contribution in [1.29, 1.82) is 0 Å². The minimum Gasteiger partial charge on any atom is -0.330 e. The van der Waals surface area contributed by atoms with Crippen molar-refractivity contribution in [2.45, 2.75) is 12.8 Å². The lowest BCUT2D eigenvalue weighted by Gasteiger charge is -1.87. The standard InChI is InChI=1S/C4H12N2.2ClH/c5-3-1-2-4-6;;/h1-6H2;2*1H/i1+1,2+1,3+1,4+1;;. The molecule has 0 spiro atoms. The Morgan fingerprint density at radius 2 is 1.00 bits per heavy atom. The molecule has 0 aromatic heterocycles. The Bertz CT molecular complexity index is 24.0. The normalized spacial score (nSPS) is 6.75. The van der Waals surface area contributed by atoms with Gasteiger partial charge in [0.25, 0.3) is 0 Å². The predicted molar refractivity (Wildman–Crippen MR) is 41.8 cm³/mol. The molecule has 0 atom stereocenters. The van der Waals surface area contributed by atoms with Gasteiger partial charge in [-0.2, -0.15) is 0 Å². The van der Waals surface area contributed by atoms with E-state index in [2.05, 4.69) is 0 Å². The maximum atomic E-state index is 5.16. The molecule has 0 heterocycles. The molecule has 4 heteroatoms. The van der Waals surface area contributed by atoms with Crippen molar-refractivity contribution in [2.24, 2.45) is 11.5 Å². The number of hydrogen-bond acceptors (Lipinski definition) is 2. The molecule has 4 N–H and O–H groups in total. The highest BCUT2D eigenvalue weighted by atomic mass is 35.5. The topological polar surface area (TPSA) is 52.0 Å². The molecule has 0 fully saturated rings. The monoisotopic (exact) mass is 164 g/mol. The lowest BCUT2D eigenvalue weighted by atomic mass is 11.3. The third-order valence-electron chi connectivity index (χ3n) is 0.658. The summed E-state index contributed by atoms with van der Waals surface area (Å²) in [6, 6.07) is 0. The molecule has 0 rings (SSSR count). The van der Waals surface area contributed by atoms with Gasteiger partial charge in [-0.15, -0.1) is 24.8 Å². The summed E-state index contributed by atoms with van der Waals surface area (Å²) in [6.45, 7) is 1.55. The van der Waals surface area contributed by atoms with E-state index >= 15 is 0 Å². The first-order valence-electron chi connectivity index (χ1n) is 2.32. The zero-order valence-corrected chi connectivity index (χ0v) is 6.43. The van der Waals surface area contributed by atoms with E-state index in [-0.39, 0.29) is 24.8 Å². The zero-order valence-electron chi connectivity index (χ0n) is 4.80. The van der Waals surface area contributed by atoms with Crippen LogP contribution in [-0.2, 0) is 0 Å². The van der Waals surface area contributed by atoms with Crippen LogP contribution < -0.4 is 11.5 Å². The van der Waals surface area contributed by atoms with Crippen LogP contribution in [0.1, 0.15) is 12.8 Å². The van der Waals surface area contributed by atoms with Gasteiger partial charge >= 0.3 is 0 Å². The van der Waals surface area contributed by atoms with E-state index < -0.39 is 0 Å². The molecule has 2 nitrogen and oxygen atoms in total. The lowest BCUT2D eigenvalue weighted by Crippen LogP contribution is -2.03. The fourth-order valence-corrected chi connectivity index (χ4v) is 0.289. The molecule has 0 aliphatic carbocycles. The molecular formula is C4H14Cl2N2. The summed E-state index contributed by atoms with van der Waals surface area (Å²) in [5.74, 6) is 0. The van der Waals surface area contributed by atoms with Crippen LogP contribution in [0.5, 0.6) is 0 Å². The first kappa shape index (κ1) is 15.8. The second kappa shape index (κ2) is 15.6. The Morgan fingerprint density at radius 1 is 0.750 bits per heavy atom. The third kappa shape index (κ3) is 16.1. The van der Waals surface area contributed by atoms with Crippen LogP contribution in [0.15, 0.2) is 0 Å². The highest BCUT2D eigenvalue weighted by Crippen LogP contribution is 1.77. The first-order valence-corrected chi connectivity index (χ1v) is 2.32. The van der Waals surface area contributed by atoms with Crippen LogP contribution >= 0.6 is 24.8 Å². The van der Waals surface area contributed by atoms with Gasteiger partial charge in [-0.1, -0.05) is 0 Å². The highest BCUT2D eigenvalue weighted by molar-refractivity contribution is 5.85. The van der Waals surface area contributed by atoms with Crippen LogP contribution in [0.2, 0.25) is 0 Å². The minimum atomic E-state index is 0. The van der Waals surface area contributed by atoms with E-state index in [0.29, 0.717) is 0 Å². The average Bonchev–Trinajstić information content (AvgIpc) is 1.61. The fourth-order valence-electron chi connectivity index (χ4n) is 0.289. The highest BCUT2D eigenvalue weighted by Gasteiger charge is 1.75. The number of hydrogen-bond donors (Lipinski definition) is 2. The van der Waals surface area contributed by atoms with Gasteiger partial charge < -0.3 is 11.5 Å². The van der Waals surface area contributed by atoms with Gasteiger partial charge in [-0.3, -0.25) is 0 Å². The van der Waals surface area contributed by atoms with E-state index in [1.165, 1.54) is 0 Å². The third-order valence-corrected chi connectivity index (χ3v) is 0.658. The molecular weight excluding hydrogens is 151 g/mol. The second-order valence-electron chi connectivity index (χ2n) is 1.28. The van der Waals surface area contributed by atoms with Crippen LogP contribution in [0, 0.1) is 0 Å². The Labute approximate surface area is 62.8 Å². The summed E-state index contributed by atoms with van der Waals surface area (Å²) in [6.07, 6.45) is 2.13. The van der Waals surface area contributed by atoms with E-state index in [4.69, 9.17) is 11.5 Å². The van der Waals surface area contributed by atoms with E-state index in [0.717, 1.165) is 25.9 Å². The molecule has 0 saturated carbocycles. The molecule has 0 saturated heterocycles. The van der Waals surface area contributed by atoms with Crippen molar-refractivity contribution >= 4 is 24.8 Å². The van der Waals surface area contributed by atoms with Gasteiger partial charge in [0.15, 0.2) is 0 Å². The van der Waals surface area contributed by atoms with Crippen LogP contribution in [0.3, 0.4) is 0 Å². The van der Waals surface area contributed by atoms with Gasteiger partial charge in [-0.25, -0.2) is 0 Å². The van der Waals surface area contributed by atoms with Crippen LogP contribution in [-0.4, -0.2) is 13.1 Å². The van der Waals surface area contributed by atoms with Crippen LogP contribution in [0.25, 0.3) is 0 Å². The SMILES string of the molecule is Cl.Cl.N[13CH2][13CH2][13CH2][13CH2]N. The number of rotatable bonds is 3. The van der Waals surface area contributed by atoms with Gasteiger partial charge in [0, 0.05) is 0 Å². The first-order chi connectivity index (χ1) is 2.91. The minimum absolute atomic E-state index is 0. The van der Waals surface area contributed by atoms with Crippen molar-refractivity contribution in [3.05, 3.63) is 0 Å². The molecule has 0 amide bonds. The smallest absolute Gasteiger partial charge is 0.00768 e. The van der Waals surface area contributed by atoms with Crippen LogP contribution in [0.4, 0.5) is 0 Å². The van der Waals surface area contributed by atoms with Crippen molar-refractivity contribution < 1.29 is 0 Å². The van der Waals surface area contributed by atoms with Crippen molar-refractivity contribution in [3.63, 3.8) is 0 Å². The Kier molecular flexibility index (Phi) is 30.9. The summed E-state index contributed by atoms with van der Waals surface area (Å²) < 4.78 is 0. The van der Waals surface area contributed by atoms with Crippen molar-refractivity contribution in [1.82, 2.24) is 0 Å². The molecule has 0 aromatic rings. The van der Waals surface area contributed by atoms with Gasteiger partial charge in [-0.05, 0) is 25.9 Å². The lowest BCUT2D eigenvalue weighted by molar-refractivity contribution is 0.755. The molecule has 0 aliphatic rings. The molecule has 0 radical (unpaired) electrons. The molecule has 0 aliphatic heterocycles.